The fourth-order valence-corrected chi connectivity index (χ4v) is 1.30. The van der Waals surface area contributed by atoms with Crippen molar-refractivity contribution in [1.82, 2.24) is 10.2 Å². The fourth-order valence-electron chi connectivity index (χ4n) is 1.30. The van der Waals surface area contributed by atoms with Crippen LogP contribution in [0.3, 0.4) is 0 Å². The Morgan fingerprint density at radius 1 is 1.12 bits per heavy atom. The molecule has 0 aromatic carbocycles. The van der Waals surface area contributed by atoms with Crippen LogP contribution in [-0.2, 0) is 9.47 Å². The summed E-state index contributed by atoms with van der Waals surface area (Å²) in [6.07, 6.45) is 0.846. The highest BCUT2D eigenvalue weighted by Gasteiger charge is 2.08. The molecule has 0 rings (SSSR count). The third kappa shape index (κ3) is 8.05. The second kappa shape index (κ2) is 10.0. The summed E-state index contributed by atoms with van der Waals surface area (Å²) in [6.45, 7) is 9.54. The molecular formula is C12H28N2O2. The van der Waals surface area contributed by atoms with Crippen molar-refractivity contribution in [2.45, 2.75) is 39.5 Å². The van der Waals surface area contributed by atoms with Crippen molar-refractivity contribution in [3.05, 3.63) is 0 Å². The molecule has 16 heavy (non-hydrogen) atoms. The molecule has 4 nitrogen and oxygen atoms in total. The number of nitrogens with one attached hydrogen (secondary N) is 1. The predicted octanol–water partition coefficient (Wildman–Crippen LogP) is 1.32. The zero-order valence-electron chi connectivity index (χ0n) is 11.5. The van der Waals surface area contributed by atoms with Crippen LogP contribution in [0, 0.1) is 0 Å². The van der Waals surface area contributed by atoms with Gasteiger partial charge in [0.05, 0.1) is 0 Å². The van der Waals surface area contributed by atoms with Crippen LogP contribution in [0.2, 0.25) is 0 Å². The Bertz CT molecular complexity index is 148. The molecule has 0 aliphatic carbocycles. The first-order chi connectivity index (χ1) is 7.61. The molecule has 1 N–H and O–H groups in total. The molecule has 1 atom stereocenters. The Kier molecular flexibility index (Phi) is 9.92. The van der Waals surface area contributed by atoms with Gasteiger partial charge >= 0.3 is 0 Å². The van der Waals surface area contributed by atoms with Gasteiger partial charge in [-0.3, -0.25) is 0 Å². The Hall–Kier alpha value is -0.160. The monoisotopic (exact) mass is 232 g/mol. The smallest absolute Gasteiger partial charge is 0.158 e. The van der Waals surface area contributed by atoms with E-state index in [2.05, 4.69) is 31.2 Å². The summed E-state index contributed by atoms with van der Waals surface area (Å²) in [4.78, 5) is 2.20. The zero-order chi connectivity index (χ0) is 12.4. The van der Waals surface area contributed by atoms with E-state index in [9.17, 15) is 0 Å². The minimum atomic E-state index is -0.0582. The average Bonchev–Trinajstić information content (AvgIpc) is 2.24. The van der Waals surface area contributed by atoms with Gasteiger partial charge in [0, 0.05) is 38.8 Å². The second-order valence-corrected chi connectivity index (χ2v) is 4.15. The lowest BCUT2D eigenvalue weighted by Crippen LogP contribution is -2.36. The van der Waals surface area contributed by atoms with Crippen LogP contribution in [0.25, 0.3) is 0 Å². The number of ether oxygens (including phenoxy) is 2. The minimum absolute atomic E-state index is 0.0582. The number of nitrogens with zero attached hydrogens (tertiary/aromatic N) is 1. The third-order valence-corrected chi connectivity index (χ3v) is 2.58. The summed E-state index contributed by atoms with van der Waals surface area (Å²) in [7, 11) is 4.19. The maximum atomic E-state index is 5.46. The third-order valence-electron chi connectivity index (χ3n) is 2.58. The van der Waals surface area contributed by atoms with Gasteiger partial charge in [-0.25, -0.2) is 0 Å². The number of hydrogen-bond donors (Lipinski definition) is 1. The van der Waals surface area contributed by atoms with Crippen LogP contribution >= 0.6 is 0 Å². The maximum Gasteiger partial charge on any atom is 0.158 e. The van der Waals surface area contributed by atoms with Crippen molar-refractivity contribution in [1.29, 1.82) is 0 Å². The highest BCUT2D eigenvalue weighted by molar-refractivity contribution is 4.63. The Morgan fingerprint density at radius 2 is 1.69 bits per heavy atom. The normalized spacial score (nSPS) is 13.7. The lowest BCUT2D eigenvalue weighted by Gasteiger charge is -2.21. The predicted molar refractivity (Wildman–Crippen MR) is 67.7 cm³/mol. The molecule has 0 aliphatic heterocycles. The number of rotatable bonds is 10. The van der Waals surface area contributed by atoms with E-state index < -0.39 is 0 Å². The van der Waals surface area contributed by atoms with E-state index in [0.717, 1.165) is 19.5 Å². The Balaban J connectivity index is 3.53. The molecule has 0 saturated carbocycles. The molecule has 0 spiro atoms. The molecule has 0 bridgehead atoms. The van der Waals surface area contributed by atoms with Gasteiger partial charge in [0.2, 0.25) is 0 Å². The van der Waals surface area contributed by atoms with E-state index in [1.165, 1.54) is 0 Å². The molecule has 0 aromatic heterocycles. The molecule has 0 aliphatic rings. The quantitative estimate of drug-likeness (QED) is 0.455. The number of hydrogen-bond acceptors (Lipinski definition) is 4. The van der Waals surface area contributed by atoms with Crippen LogP contribution in [0.4, 0.5) is 0 Å². The van der Waals surface area contributed by atoms with Gasteiger partial charge in [-0.2, -0.15) is 0 Å². The average molecular weight is 232 g/mol. The summed E-state index contributed by atoms with van der Waals surface area (Å²) in [5.41, 5.74) is 0. The molecule has 0 heterocycles. The zero-order valence-corrected chi connectivity index (χ0v) is 11.5. The lowest BCUT2D eigenvalue weighted by molar-refractivity contribution is -0.138. The molecule has 0 fully saturated rings. The van der Waals surface area contributed by atoms with Crippen LogP contribution in [0.1, 0.15) is 27.2 Å². The van der Waals surface area contributed by atoms with E-state index in [1.807, 2.05) is 13.8 Å². The van der Waals surface area contributed by atoms with E-state index >= 15 is 0 Å². The summed E-state index contributed by atoms with van der Waals surface area (Å²) >= 11 is 0. The van der Waals surface area contributed by atoms with Crippen molar-refractivity contribution in [3.8, 4) is 0 Å². The fraction of sp³-hybridized carbons (Fsp3) is 1.00. The summed E-state index contributed by atoms with van der Waals surface area (Å²) in [6, 6.07) is 0.553. The summed E-state index contributed by atoms with van der Waals surface area (Å²) in [5.74, 6) is 0. The molecule has 0 saturated heterocycles. The molecule has 4 heteroatoms. The van der Waals surface area contributed by atoms with Gasteiger partial charge < -0.3 is 19.7 Å². The summed E-state index contributed by atoms with van der Waals surface area (Å²) < 4.78 is 10.9. The first kappa shape index (κ1) is 15.8. The molecular weight excluding hydrogens is 204 g/mol. The van der Waals surface area contributed by atoms with Crippen molar-refractivity contribution >= 4 is 0 Å². The molecule has 98 valence electrons. The topological polar surface area (TPSA) is 33.7 Å². The molecule has 0 aromatic rings. The van der Waals surface area contributed by atoms with Gasteiger partial charge in [0.15, 0.2) is 6.29 Å². The van der Waals surface area contributed by atoms with Crippen LogP contribution in [-0.4, -0.2) is 57.6 Å². The van der Waals surface area contributed by atoms with E-state index in [-0.39, 0.29) is 6.29 Å². The van der Waals surface area contributed by atoms with Crippen LogP contribution < -0.4 is 5.32 Å². The van der Waals surface area contributed by atoms with E-state index in [4.69, 9.17) is 9.47 Å². The van der Waals surface area contributed by atoms with Crippen molar-refractivity contribution < 1.29 is 9.47 Å². The maximum absolute atomic E-state index is 5.46. The summed E-state index contributed by atoms with van der Waals surface area (Å²) in [5, 5.41) is 3.41. The van der Waals surface area contributed by atoms with Crippen molar-refractivity contribution in [2.24, 2.45) is 0 Å². The van der Waals surface area contributed by atoms with Gasteiger partial charge in [-0.1, -0.05) is 0 Å². The molecule has 0 amide bonds. The van der Waals surface area contributed by atoms with Gasteiger partial charge in [0.25, 0.3) is 0 Å². The lowest BCUT2D eigenvalue weighted by atomic mass is 10.3. The molecule has 1 unspecified atom stereocenters. The first-order valence-corrected chi connectivity index (χ1v) is 6.22. The van der Waals surface area contributed by atoms with Gasteiger partial charge in [-0.05, 0) is 34.9 Å². The molecule has 0 radical (unpaired) electrons. The highest BCUT2D eigenvalue weighted by Crippen LogP contribution is 2.00. The minimum Gasteiger partial charge on any atom is -0.353 e. The van der Waals surface area contributed by atoms with E-state index in [1.54, 1.807) is 0 Å². The van der Waals surface area contributed by atoms with Gasteiger partial charge in [-0.15, -0.1) is 0 Å². The Morgan fingerprint density at radius 3 is 2.12 bits per heavy atom. The van der Waals surface area contributed by atoms with Crippen LogP contribution in [0.15, 0.2) is 0 Å². The number of likely N-dealkylation sites (N-methyl/N-ethyl adjacent to an activating group) is 1. The Labute approximate surface area is 100 Å². The van der Waals surface area contributed by atoms with Crippen molar-refractivity contribution in [2.75, 3.05) is 40.4 Å². The van der Waals surface area contributed by atoms with Crippen molar-refractivity contribution in [3.63, 3.8) is 0 Å². The second-order valence-electron chi connectivity index (χ2n) is 4.15. The standard InChI is InChI=1S/C12H28N2O2/c1-6-15-12(16-7-2)8-9-13-10-11(3)14(4)5/h11-13H,6-10H2,1-5H3. The highest BCUT2D eigenvalue weighted by atomic mass is 16.7. The SMILES string of the molecule is CCOC(CCNCC(C)N(C)C)OCC. The largest absolute Gasteiger partial charge is 0.353 e. The van der Waals surface area contributed by atoms with E-state index in [0.29, 0.717) is 19.3 Å². The first-order valence-electron chi connectivity index (χ1n) is 6.22. The van der Waals surface area contributed by atoms with Gasteiger partial charge in [0.1, 0.15) is 0 Å². The van der Waals surface area contributed by atoms with Crippen LogP contribution in [0.5, 0.6) is 0 Å².